The van der Waals surface area contributed by atoms with E-state index in [1.165, 1.54) is 6.20 Å². The monoisotopic (exact) mass is 723 g/mol. The average Bonchev–Trinajstić information content (AvgIpc) is 3.33. The van der Waals surface area contributed by atoms with Crippen molar-refractivity contribution in [2.75, 3.05) is 11.5 Å². The number of fused-ring (bicyclic) bond motifs is 1. The number of imide groups is 1. The number of hydrogen-bond donors (Lipinski definition) is 0. The van der Waals surface area contributed by atoms with Crippen LogP contribution < -0.4 is 4.90 Å². The molecule has 0 unspecified atom stereocenters. The molecule has 3 atom stereocenters. The highest BCUT2D eigenvalue weighted by Crippen LogP contribution is 2.48. The highest BCUT2D eigenvalue weighted by atomic mass is 35.5. The molecule has 14 heteroatoms. The molecule has 2 aromatic heterocycles. The largest absolute Gasteiger partial charge is 0.443 e. The zero-order chi connectivity index (χ0) is 37.0. The Bertz CT molecular complexity index is 1500. The molecule has 0 N–H and O–H groups in total. The van der Waals surface area contributed by atoms with E-state index in [1.54, 1.807) is 46.1 Å². The van der Waals surface area contributed by atoms with Crippen LogP contribution in [0.1, 0.15) is 95.5 Å². The van der Waals surface area contributed by atoms with Crippen molar-refractivity contribution in [2.45, 2.75) is 149 Å². The fraction of sp³-hybridized carbons (Fsp3) is 0.735. The van der Waals surface area contributed by atoms with E-state index in [9.17, 15) is 9.59 Å². The van der Waals surface area contributed by atoms with Crippen LogP contribution in [0.3, 0.4) is 0 Å². The van der Waals surface area contributed by atoms with Crippen LogP contribution in [-0.4, -0.2) is 72.3 Å². The zero-order valence-electron chi connectivity index (χ0n) is 32.0. The summed E-state index contributed by atoms with van der Waals surface area (Å²) in [5.41, 5.74) is -0.156. The van der Waals surface area contributed by atoms with Gasteiger partial charge in [-0.25, -0.2) is 19.6 Å². The van der Waals surface area contributed by atoms with Gasteiger partial charge in [-0.15, -0.1) is 4.90 Å². The summed E-state index contributed by atoms with van der Waals surface area (Å²) >= 11 is 6.84. The second-order valence-electron chi connectivity index (χ2n) is 17.8. The third kappa shape index (κ3) is 9.06. The standard InChI is InChI=1S/C34H58ClN5O6Si2/c1-21-22(20-43-47(14,15)33(8,9)10)25(46-48(16,17)34(11,12)13)18-24(21)39-26-23(37-27(39)35)19-36-28(38-26)40(29(41)44-31(2,3)4)30(42)45-32(5,6)7/h19,22,24-25H,1,18,20H2,2-17H3/t22-,24-,25-/m0/s1. The van der Waals surface area contributed by atoms with E-state index in [-0.39, 0.29) is 39.4 Å². The molecule has 0 radical (unpaired) electrons. The van der Waals surface area contributed by atoms with Crippen molar-refractivity contribution < 1.29 is 27.9 Å². The number of carbonyl (C=O) groups is 2. The summed E-state index contributed by atoms with van der Waals surface area (Å²) < 4.78 is 26.7. The van der Waals surface area contributed by atoms with Crippen molar-refractivity contribution in [1.82, 2.24) is 19.5 Å². The second-order valence-corrected chi connectivity index (χ2v) is 27.8. The van der Waals surface area contributed by atoms with E-state index >= 15 is 0 Å². The zero-order valence-corrected chi connectivity index (χ0v) is 34.8. The summed E-state index contributed by atoms with van der Waals surface area (Å²) in [6.07, 6.45) is -0.110. The van der Waals surface area contributed by atoms with E-state index in [0.717, 1.165) is 5.57 Å². The van der Waals surface area contributed by atoms with Gasteiger partial charge in [-0.1, -0.05) is 48.1 Å². The lowest BCUT2D eigenvalue weighted by Crippen LogP contribution is -2.47. The minimum absolute atomic E-state index is 0.00842. The van der Waals surface area contributed by atoms with Gasteiger partial charge in [-0.05, 0) is 101 Å². The topological polar surface area (TPSA) is 118 Å². The number of carbonyl (C=O) groups excluding carboxylic acids is 2. The highest BCUT2D eigenvalue weighted by Gasteiger charge is 2.48. The minimum Gasteiger partial charge on any atom is -0.443 e. The Labute approximate surface area is 294 Å². The number of nitrogens with zero attached hydrogens (tertiary/aromatic N) is 5. The molecule has 3 rings (SSSR count). The number of aromatic nitrogens is 4. The molecule has 11 nitrogen and oxygen atoms in total. The van der Waals surface area contributed by atoms with Gasteiger partial charge in [-0.2, -0.15) is 4.98 Å². The minimum atomic E-state index is -2.20. The first-order valence-electron chi connectivity index (χ1n) is 16.6. The summed E-state index contributed by atoms with van der Waals surface area (Å²) in [7, 11) is -4.29. The van der Waals surface area contributed by atoms with E-state index in [1.807, 2.05) is 0 Å². The summed E-state index contributed by atoms with van der Waals surface area (Å²) in [5.74, 6) is -0.326. The van der Waals surface area contributed by atoms with Crippen LogP contribution in [0.5, 0.6) is 0 Å². The van der Waals surface area contributed by atoms with Gasteiger partial charge in [0, 0.05) is 12.5 Å². The third-order valence-corrected chi connectivity index (χ3v) is 18.8. The van der Waals surface area contributed by atoms with Crippen molar-refractivity contribution in [3.05, 3.63) is 23.6 Å². The van der Waals surface area contributed by atoms with Crippen LogP contribution in [0.2, 0.25) is 41.5 Å². The molecule has 1 aliphatic rings. The van der Waals surface area contributed by atoms with Gasteiger partial charge in [-0.3, -0.25) is 4.57 Å². The molecule has 2 heterocycles. The maximum Gasteiger partial charge on any atom is 0.427 e. The molecule has 270 valence electrons. The number of hydrogen-bond acceptors (Lipinski definition) is 9. The van der Waals surface area contributed by atoms with Crippen molar-refractivity contribution >= 4 is 57.5 Å². The second kappa shape index (κ2) is 13.4. The first kappa shape index (κ1) is 40.1. The Balaban J connectivity index is 2.13. The molecular weight excluding hydrogens is 666 g/mol. The summed E-state index contributed by atoms with van der Waals surface area (Å²) in [4.78, 5) is 41.0. The van der Waals surface area contributed by atoms with Crippen molar-refractivity contribution in [2.24, 2.45) is 5.92 Å². The van der Waals surface area contributed by atoms with E-state index in [2.05, 4.69) is 84.3 Å². The maximum atomic E-state index is 13.4. The summed E-state index contributed by atoms with van der Waals surface area (Å²) in [5, 5.41) is 0.208. The first-order valence-corrected chi connectivity index (χ1v) is 22.8. The average molecular weight is 724 g/mol. The van der Waals surface area contributed by atoms with Gasteiger partial charge in [0.1, 0.15) is 16.7 Å². The third-order valence-electron chi connectivity index (χ3n) is 9.53. The Morgan fingerprint density at radius 1 is 0.896 bits per heavy atom. The lowest BCUT2D eigenvalue weighted by Gasteiger charge is -2.41. The Morgan fingerprint density at radius 2 is 1.40 bits per heavy atom. The van der Waals surface area contributed by atoms with Gasteiger partial charge in [0.2, 0.25) is 11.2 Å². The first-order chi connectivity index (χ1) is 21.5. The lowest BCUT2D eigenvalue weighted by molar-refractivity contribution is 0.0427. The number of rotatable bonds is 7. The number of halogens is 1. The fourth-order valence-corrected chi connectivity index (χ4v) is 7.49. The lowest BCUT2D eigenvalue weighted by atomic mass is 10.0. The van der Waals surface area contributed by atoms with Gasteiger partial charge in [0.25, 0.3) is 0 Å². The molecule has 2 aromatic rings. The smallest absolute Gasteiger partial charge is 0.427 e. The molecular formula is C34H58ClN5O6Si2. The molecule has 0 spiro atoms. The van der Waals surface area contributed by atoms with E-state index < -0.39 is 40.0 Å². The highest BCUT2D eigenvalue weighted by molar-refractivity contribution is 6.74. The van der Waals surface area contributed by atoms with Crippen molar-refractivity contribution in [3.8, 4) is 0 Å². The van der Waals surface area contributed by atoms with Gasteiger partial charge >= 0.3 is 12.2 Å². The number of anilines is 1. The molecule has 1 fully saturated rings. The molecule has 1 saturated carbocycles. The summed E-state index contributed by atoms with van der Waals surface area (Å²) in [6.45, 7) is 37.6. The SMILES string of the molecule is C=C1[C@H](CO[Si](C)(C)C(C)(C)C)[C@@H](O[Si](C)(C)C(C)(C)C)C[C@@H]1n1c(Cl)nc2cnc(N(C(=O)OC(C)(C)C)C(=O)OC(C)(C)C)nc21. The van der Waals surface area contributed by atoms with E-state index in [0.29, 0.717) is 29.1 Å². The van der Waals surface area contributed by atoms with E-state index in [4.69, 9.17) is 34.9 Å². The molecule has 0 saturated heterocycles. The van der Waals surface area contributed by atoms with Crippen molar-refractivity contribution in [3.63, 3.8) is 0 Å². The maximum absolute atomic E-state index is 13.4. The normalized spacial score (nSPS) is 19.9. The molecule has 0 aliphatic heterocycles. The Hall–Kier alpha value is -2.33. The predicted molar refractivity (Wildman–Crippen MR) is 197 cm³/mol. The van der Waals surface area contributed by atoms with Gasteiger partial charge < -0.3 is 18.3 Å². The van der Waals surface area contributed by atoms with Gasteiger partial charge in [0.15, 0.2) is 22.3 Å². The van der Waals surface area contributed by atoms with Crippen LogP contribution in [0.4, 0.5) is 15.5 Å². The number of imidazole rings is 1. The Kier molecular flexibility index (Phi) is 11.2. The van der Waals surface area contributed by atoms with Crippen LogP contribution in [0.15, 0.2) is 18.3 Å². The number of ether oxygens (including phenoxy) is 2. The molecule has 0 aromatic carbocycles. The van der Waals surface area contributed by atoms with Crippen LogP contribution in [0, 0.1) is 5.92 Å². The quantitative estimate of drug-likeness (QED) is 0.156. The van der Waals surface area contributed by atoms with Crippen molar-refractivity contribution in [1.29, 1.82) is 0 Å². The van der Waals surface area contributed by atoms with Crippen LogP contribution in [-0.2, 0) is 18.3 Å². The molecule has 1 aliphatic carbocycles. The predicted octanol–water partition coefficient (Wildman–Crippen LogP) is 9.69. The van der Waals surface area contributed by atoms with Crippen LogP contribution in [0.25, 0.3) is 11.2 Å². The van der Waals surface area contributed by atoms with Crippen LogP contribution >= 0.6 is 11.6 Å². The molecule has 2 amide bonds. The van der Waals surface area contributed by atoms with Gasteiger partial charge in [0.05, 0.1) is 18.3 Å². The fourth-order valence-electron chi connectivity index (χ4n) is 4.80. The Morgan fingerprint density at radius 3 is 1.85 bits per heavy atom. The summed E-state index contributed by atoms with van der Waals surface area (Å²) in [6, 6.07) is -0.343. The number of amides is 2. The molecule has 0 bridgehead atoms. The molecule has 48 heavy (non-hydrogen) atoms.